The van der Waals surface area contributed by atoms with Crippen molar-refractivity contribution in [1.82, 2.24) is 5.32 Å². The van der Waals surface area contributed by atoms with Crippen LogP contribution in [0.3, 0.4) is 0 Å². The summed E-state index contributed by atoms with van der Waals surface area (Å²) in [6.07, 6.45) is 7.13. The third-order valence-corrected chi connectivity index (χ3v) is 7.61. The first-order chi connectivity index (χ1) is 9.78. The molecule has 3 fully saturated rings. The molecular weight excluding hydrogens is 330 g/mol. The van der Waals surface area contributed by atoms with E-state index in [9.17, 15) is 0 Å². The number of halogens is 1. The summed E-state index contributed by atoms with van der Waals surface area (Å²) in [4.78, 5) is 1.54. The van der Waals surface area contributed by atoms with Crippen LogP contribution in [0.5, 0.6) is 0 Å². The molecule has 0 amide bonds. The van der Waals surface area contributed by atoms with Crippen LogP contribution in [0.4, 0.5) is 0 Å². The average Bonchev–Trinajstić information content (AvgIpc) is 2.80. The molecule has 0 radical (unpaired) electrons. The normalized spacial score (nSPS) is 39.0. The van der Waals surface area contributed by atoms with Gasteiger partial charge in [0.05, 0.1) is 3.79 Å². The molecule has 5 unspecified atom stereocenters. The van der Waals surface area contributed by atoms with Gasteiger partial charge in [-0.25, -0.2) is 0 Å². The fourth-order valence-corrected chi connectivity index (χ4v) is 6.82. The van der Waals surface area contributed by atoms with E-state index in [4.69, 9.17) is 0 Å². The SMILES string of the molecule is CCCNC(Cc1ccc(Br)s1)C1C2C3CCC(C3)C21. The summed E-state index contributed by atoms with van der Waals surface area (Å²) in [5, 5.41) is 3.88. The molecule has 5 atom stereocenters. The molecule has 1 nitrogen and oxygen atoms in total. The Labute approximate surface area is 134 Å². The van der Waals surface area contributed by atoms with Gasteiger partial charge < -0.3 is 5.32 Å². The molecule has 0 aromatic carbocycles. The number of hydrogen-bond donors (Lipinski definition) is 1. The number of thiophene rings is 1. The highest BCUT2D eigenvalue weighted by Gasteiger charge is 2.66. The Morgan fingerprint density at radius 3 is 2.65 bits per heavy atom. The molecule has 3 aliphatic carbocycles. The van der Waals surface area contributed by atoms with Gasteiger partial charge in [-0.2, -0.15) is 0 Å². The van der Waals surface area contributed by atoms with Crippen LogP contribution in [-0.4, -0.2) is 12.6 Å². The van der Waals surface area contributed by atoms with Gasteiger partial charge in [0, 0.05) is 10.9 Å². The van der Waals surface area contributed by atoms with Gasteiger partial charge in [0.2, 0.25) is 0 Å². The predicted octanol–water partition coefficient (Wildman–Crippen LogP) is 4.71. The minimum absolute atomic E-state index is 0.735. The van der Waals surface area contributed by atoms with E-state index in [2.05, 4.69) is 40.3 Å². The zero-order chi connectivity index (χ0) is 13.7. The second-order valence-corrected chi connectivity index (χ2v) is 9.58. The molecule has 3 aliphatic rings. The van der Waals surface area contributed by atoms with E-state index in [0.29, 0.717) is 0 Å². The molecule has 110 valence electrons. The van der Waals surface area contributed by atoms with E-state index in [1.54, 1.807) is 11.3 Å². The van der Waals surface area contributed by atoms with Crippen LogP contribution in [0.1, 0.15) is 37.5 Å². The van der Waals surface area contributed by atoms with Crippen molar-refractivity contribution in [3.63, 3.8) is 0 Å². The lowest BCUT2D eigenvalue weighted by Crippen LogP contribution is -2.35. The Kier molecular flexibility index (Phi) is 3.72. The van der Waals surface area contributed by atoms with Gasteiger partial charge in [-0.1, -0.05) is 6.92 Å². The maximum absolute atomic E-state index is 3.88. The molecule has 4 rings (SSSR count). The molecule has 1 N–H and O–H groups in total. The Morgan fingerprint density at radius 1 is 1.30 bits per heavy atom. The molecular formula is C17H24BrNS. The molecule has 0 spiro atoms. The Bertz CT molecular complexity index is 469. The number of fused-ring (bicyclic) bond motifs is 5. The molecule has 20 heavy (non-hydrogen) atoms. The van der Waals surface area contributed by atoms with Crippen molar-refractivity contribution in [2.75, 3.05) is 6.54 Å². The highest BCUT2D eigenvalue weighted by molar-refractivity contribution is 9.11. The van der Waals surface area contributed by atoms with E-state index in [0.717, 1.165) is 35.6 Å². The maximum atomic E-state index is 3.88. The molecule has 2 bridgehead atoms. The average molecular weight is 354 g/mol. The molecule has 1 heterocycles. The maximum Gasteiger partial charge on any atom is 0.0701 e. The second kappa shape index (κ2) is 5.40. The molecule has 1 aromatic rings. The zero-order valence-electron chi connectivity index (χ0n) is 12.1. The molecule has 0 aliphatic heterocycles. The molecule has 0 saturated heterocycles. The summed E-state index contributed by atoms with van der Waals surface area (Å²) >= 11 is 5.52. The predicted molar refractivity (Wildman–Crippen MR) is 89.1 cm³/mol. The topological polar surface area (TPSA) is 12.0 Å². The van der Waals surface area contributed by atoms with Crippen molar-refractivity contribution in [1.29, 1.82) is 0 Å². The van der Waals surface area contributed by atoms with E-state index >= 15 is 0 Å². The summed E-state index contributed by atoms with van der Waals surface area (Å²) in [5.41, 5.74) is 0. The Morgan fingerprint density at radius 2 is 2.05 bits per heavy atom. The van der Waals surface area contributed by atoms with Crippen LogP contribution < -0.4 is 5.32 Å². The van der Waals surface area contributed by atoms with Crippen LogP contribution >= 0.6 is 27.3 Å². The van der Waals surface area contributed by atoms with Gasteiger partial charge in [-0.15, -0.1) is 11.3 Å². The second-order valence-electron chi connectivity index (χ2n) is 7.04. The third kappa shape index (κ3) is 2.30. The van der Waals surface area contributed by atoms with Gasteiger partial charge >= 0.3 is 0 Å². The summed E-state index contributed by atoms with van der Waals surface area (Å²) in [5.74, 6) is 5.36. The summed E-state index contributed by atoms with van der Waals surface area (Å²) < 4.78 is 1.28. The van der Waals surface area contributed by atoms with Crippen molar-refractivity contribution >= 4 is 27.3 Å². The van der Waals surface area contributed by atoms with E-state index < -0.39 is 0 Å². The van der Waals surface area contributed by atoms with E-state index in [1.165, 1.54) is 36.0 Å². The highest BCUT2D eigenvalue weighted by Crippen LogP contribution is 2.70. The van der Waals surface area contributed by atoms with Crippen molar-refractivity contribution in [3.8, 4) is 0 Å². The summed E-state index contributed by atoms with van der Waals surface area (Å²) in [6.45, 7) is 3.46. The molecule has 3 saturated carbocycles. The fourth-order valence-electron chi connectivity index (χ4n) is 5.28. The molecule has 3 heteroatoms. The lowest BCUT2D eigenvalue weighted by atomic mass is 9.95. The van der Waals surface area contributed by atoms with Crippen LogP contribution in [0, 0.1) is 29.6 Å². The van der Waals surface area contributed by atoms with Crippen molar-refractivity contribution in [3.05, 3.63) is 20.8 Å². The summed E-state index contributed by atoms with van der Waals surface area (Å²) in [6, 6.07) is 5.25. The van der Waals surface area contributed by atoms with E-state index in [-0.39, 0.29) is 0 Å². The quantitative estimate of drug-likeness (QED) is 0.780. The fraction of sp³-hybridized carbons (Fsp3) is 0.765. The van der Waals surface area contributed by atoms with Gasteiger partial charge in [0.1, 0.15) is 0 Å². The van der Waals surface area contributed by atoms with Crippen LogP contribution in [0.25, 0.3) is 0 Å². The first-order valence-electron chi connectivity index (χ1n) is 8.25. The third-order valence-electron chi connectivity index (χ3n) is 5.97. The number of rotatable bonds is 6. The Balaban J connectivity index is 1.46. The standard InChI is InChI=1S/C17H24BrNS/c1-2-7-19-13(9-12-5-6-14(18)20-12)17-15-10-3-4-11(8-10)16(15)17/h5-6,10-11,13,15-17,19H,2-4,7-9H2,1H3. The van der Waals surface area contributed by atoms with Gasteiger partial charge in [-0.05, 0) is 96.3 Å². The largest absolute Gasteiger partial charge is 0.313 e. The number of nitrogens with one attached hydrogen (secondary N) is 1. The van der Waals surface area contributed by atoms with Gasteiger partial charge in [0.15, 0.2) is 0 Å². The molecule has 1 aromatic heterocycles. The van der Waals surface area contributed by atoms with Gasteiger partial charge in [0.25, 0.3) is 0 Å². The van der Waals surface area contributed by atoms with Crippen molar-refractivity contribution < 1.29 is 0 Å². The highest BCUT2D eigenvalue weighted by atomic mass is 79.9. The minimum Gasteiger partial charge on any atom is -0.313 e. The lowest BCUT2D eigenvalue weighted by molar-refractivity contribution is 0.362. The lowest BCUT2D eigenvalue weighted by Gasteiger charge is -2.21. The zero-order valence-corrected chi connectivity index (χ0v) is 14.6. The minimum atomic E-state index is 0.735. The summed E-state index contributed by atoms with van der Waals surface area (Å²) in [7, 11) is 0. The smallest absolute Gasteiger partial charge is 0.0701 e. The van der Waals surface area contributed by atoms with Crippen LogP contribution in [0.15, 0.2) is 15.9 Å². The van der Waals surface area contributed by atoms with Gasteiger partial charge in [-0.3, -0.25) is 0 Å². The monoisotopic (exact) mass is 353 g/mol. The van der Waals surface area contributed by atoms with E-state index in [1.807, 2.05) is 11.3 Å². The van der Waals surface area contributed by atoms with Crippen molar-refractivity contribution in [2.45, 2.75) is 45.1 Å². The van der Waals surface area contributed by atoms with Crippen LogP contribution in [0.2, 0.25) is 0 Å². The van der Waals surface area contributed by atoms with Crippen LogP contribution in [-0.2, 0) is 6.42 Å². The van der Waals surface area contributed by atoms with Crippen molar-refractivity contribution in [2.24, 2.45) is 29.6 Å². The number of hydrogen-bond acceptors (Lipinski definition) is 2. The Hall–Kier alpha value is 0.140. The first kappa shape index (κ1) is 13.8. The first-order valence-corrected chi connectivity index (χ1v) is 9.86.